The molecule has 0 radical (unpaired) electrons. The van der Waals surface area contributed by atoms with Gasteiger partial charge in [0, 0.05) is 0 Å². The zero-order valence-corrected chi connectivity index (χ0v) is 10.7. The van der Waals surface area contributed by atoms with Gasteiger partial charge < -0.3 is 14.8 Å². The average Bonchev–Trinajstić information content (AvgIpc) is 2.25. The van der Waals surface area contributed by atoms with Gasteiger partial charge in [0.05, 0.1) is 0 Å². The van der Waals surface area contributed by atoms with E-state index in [1.54, 1.807) is 0 Å². The zero-order valence-electron chi connectivity index (χ0n) is 8.59. The Balaban J connectivity index is 2.63. The molecule has 18 heavy (non-hydrogen) atoms. The van der Waals surface area contributed by atoms with Crippen molar-refractivity contribution >= 4 is 22.6 Å². The van der Waals surface area contributed by atoms with Gasteiger partial charge in [-0.25, -0.2) is 8.78 Å². The van der Waals surface area contributed by atoms with Crippen LogP contribution in [0.1, 0.15) is 5.82 Å². The molecule has 0 saturated heterocycles. The van der Waals surface area contributed by atoms with Crippen LogP contribution in [0.3, 0.4) is 0 Å². The molecule has 0 amide bonds. The number of nitrogens with one attached hydrogen (secondary N) is 1. The standard InChI is InChI=1S/C8H7F4IN2O3/c9-7(10)8(11,12)2-18-1-3-14-5(16)4(13)6(17)15-3/h7H,1-2H2,(H2,14,15,16,17). The van der Waals surface area contributed by atoms with Crippen LogP contribution in [-0.4, -0.2) is 34.0 Å². The predicted octanol–water partition coefficient (Wildman–Crippen LogP) is 1.50. The maximum Gasteiger partial charge on any atom is 0.330 e. The van der Waals surface area contributed by atoms with Crippen LogP contribution in [0, 0.1) is 3.57 Å². The first-order valence-electron chi connectivity index (χ1n) is 4.45. The molecule has 0 atom stereocenters. The molecule has 1 heterocycles. The summed E-state index contributed by atoms with van der Waals surface area (Å²) in [6.07, 6.45) is -3.84. The first-order chi connectivity index (χ1) is 8.24. The van der Waals surface area contributed by atoms with E-state index in [-0.39, 0.29) is 9.39 Å². The molecule has 0 fully saturated rings. The number of hydrogen-bond donors (Lipinski definition) is 2. The van der Waals surface area contributed by atoms with Crippen molar-refractivity contribution in [3.05, 3.63) is 19.7 Å². The summed E-state index contributed by atoms with van der Waals surface area (Å²) in [5, 5.41) is 9.17. The van der Waals surface area contributed by atoms with E-state index >= 15 is 0 Å². The van der Waals surface area contributed by atoms with Crippen molar-refractivity contribution in [2.75, 3.05) is 6.61 Å². The fraction of sp³-hybridized carbons (Fsp3) is 0.500. The van der Waals surface area contributed by atoms with Crippen LogP contribution in [0.5, 0.6) is 5.88 Å². The number of halogens is 5. The minimum absolute atomic E-state index is 0.0748. The molecule has 1 rings (SSSR count). The average molecular weight is 382 g/mol. The van der Waals surface area contributed by atoms with Gasteiger partial charge in [0.15, 0.2) is 0 Å². The third-order valence-corrected chi connectivity index (χ3v) is 2.72. The summed E-state index contributed by atoms with van der Waals surface area (Å²) in [4.78, 5) is 16.7. The number of aromatic nitrogens is 2. The Morgan fingerprint density at radius 3 is 2.61 bits per heavy atom. The summed E-state index contributed by atoms with van der Waals surface area (Å²) < 4.78 is 52.7. The first kappa shape index (κ1) is 15.1. The van der Waals surface area contributed by atoms with Crippen LogP contribution >= 0.6 is 22.6 Å². The molecule has 0 spiro atoms. The molecule has 102 valence electrons. The quantitative estimate of drug-likeness (QED) is 0.598. The predicted molar refractivity (Wildman–Crippen MR) is 59.8 cm³/mol. The van der Waals surface area contributed by atoms with Gasteiger partial charge in [-0.15, -0.1) is 0 Å². The SMILES string of the molecule is O=c1[nH]c(COCC(F)(F)C(F)F)nc(O)c1I. The minimum Gasteiger partial charge on any atom is -0.492 e. The van der Waals surface area contributed by atoms with Crippen molar-refractivity contribution in [2.24, 2.45) is 0 Å². The Morgan fingerprint density at radius 2 is 2.11 bits per heavy atom. The Kier molecular flexibility index (Phi) is 4.90. The third-order valence-electron chi connectivity index (χ3n) is 1.75. The molecule has 1 aromatic heterocycles. The van der Waals surface area contributed by atoms with E-state index in [1.165, 1.54) is 22.6 Å². The minimum atomic E-state index is -4.27. The van der Waals surface area contributed by atoms with Crippen LogP contribution in [-0.2, 0) is 11.3 Å². The summed E-state index contributed by atoms with van der Waals surface area (Å²) >= 11 is 1.53. The Morgan fingerprint density at radius 1 is 1.50 bits per heavy atom. The fourth-order valence-electron chi connectivity index (χ4n) is 0.907. The molecule has 10 heteroatoms. The lowest BCUT2D eigenvalue weighted by Gasteiger charge is -2.14. The van der Waals surface area contributed by atoms with Gasteiger partial charge in [-0.2, -0.15) is 13.8 Å². The van der Waals surface area contributed by atoms with Crippen molar-refractivity contribution in [3.63, 3.8) is 0 Å². The van der Waals surface area contributed by atoms with Gasteiger partial charge in [0.1, 0.15) is 22.6 Å². The number of nitrogens with zero attached hydrogens (tertiary/aromatic N) is 1. The topological polar surface area (TPSA) is 75.2 Å². The van der Waals surface area contributed by atoms with Crippen LogP contribution in [0.2, 0.25) is 0 Å². The zero-order chi connectivity index (χ0) is 13.9. The number of alkyl halides is 4. The lowest BCUT2D eigenvalue weighted by Crippen LogP contribution is -2.32. The molecule has 5 nitrogen and oxygen atoms in total. The second-order valence-corrected chi connectivity index (χ2v) is 4.28. The van der Waals surface area contributed by atoms with E-state index in [1.807, 2.05) is 0 Å². The Labute approximate surface area is 111 Å². The van der Waals surface area contributed by atoms with Crippen LogP contribution in [0.25, 0.3) is 0 Å². The van der Waals surface area contributed by atoms with Gasteiger partial charge >= 0.3 is 12.3 Å². The number of aromatic hydroxyl groups is 1. The van der Waals surface area contributed by atoms with Crippen molar-refractivity contribution in [2.45, 2.75) is 19.0 Å². The molecule has 0 bridgehead atoms. The molecule has 0 aliphatic carbocycles. The molecular weight excluding hydrogens is 375 g/mol. The number of hydrogen-bond acceptors (Lipinski definition) is 4. The molecule has 0 saturated carbocycles. The summed E-state index contributed by atoms with van der Waals surface area (Å²) in [6.45, 7) is -2.14. The maximum atomic E-state index is 12.5. The lowest BCUT2D eigenvalue weighted by molar-refractivity contribution is -0.168. The molecule has 1 aromatic rings. The van der Waals surface area contributed by atoms with E-state index in [0.29, 0.717) is 0 Å². The van der Waals surface area contributed by atoms with Crippen LogP contribution in [0.15, 0.2) is 4.79 Å². The number of rotatable bonds is 5. The third kappa shape index (κ3) is 3.80. The van der Waals surface area contributed by atoms with E-state index in [4.69, 9.17) is 5.11 Å². The molecule has 0 aromatic carbocycles. The molecule has 0 aliphatic rings. The van der Waals surface area contributed by atoms with Gasteiger partial charge in [0.2, 0.25) is 5.88 Å². The Bertz CT molecular complexity index is 480. The van der Waals surface area contributed by atoms with Gasteiger partial charge in [-0.3, -0.25) is 4.79 Å². The number of H-pyrrole nitrogens is 1. The first-order valence-corrected chi connectivity index (χ1v) is 5.53. The highest BCUT2D eigenvalue weighted by molar-refractivity contribution is 14.1. The summed E-state index contributed by atoms with van der Waals surface area (Å²) in [6, 6.07) is 0. The van der Waals surface area contributed by atoms with E-state index in [2.05, 4.69) is 14.7 Å². The van der Waals surface area contributed by atoms with Crippen molar-refractivity contribution in [3.8, 4) is 5.88 Å². The van der Waals surface area contributed by atoms with Crippen molar-refractivity contribution < 1.29 is 27.4 Å². The van der Waals surface area contributed by atoms with Crippen LogP contribution in [0.4, 0.5) is 17.6 Å². The van der Waals surface area contributed by atoms with Gasteiger partial charge in [0.25, 0.3) is 5.56 Å². The van der Waals surface area contributed by atoms with Crippen LogP contribution < -0.4 is 5.56 Å². The number of aromatic amines is 1. The molecule has 0 unspecified atom stereocenters. The monoisotopic (exact) mass is 382 g/mol. The second kappa shape index (κ2) is 5.82. The van der Waals surface area contributed by atoms with E-state index in [9.17, 15) is 22.4 Å². The highest BCUT2D eigenvalue weighted by Gasteiger charge is 2.40. The van der Waals surface area contributed by atoms with Crippen molar-refractivity contribution in [1.82, 2.24) is 9.97 Å². The van der Waals surface area contributed by atoms with E-state index < -0.39 is 37.0 Å². The number of ether oxygens (including phenoxy) is 1. The van der Waals surface area contributed by atoms with Crippen molar-refractivity contribution in [1.29, 1.82) is 0 Å². The largest absolute Gasteiger partial charge is 0.492 e. The summed E-state index contributed by atoms with van der Waals surface area (Å²) in [5.74, 6) is -5.09. The van der Waals surface area contributed by atoms with Gasteiger partial charge in [-0.05, 0) is 22.6 Å². The fourth-order valence-corrected chi connectivity index (χ4v) is 1.16. The second-order valence-electron chi connectivity index (χ2n) is 3.20. The molecular formula is C8H7F4IN2O3. The van der Waals surface area contributed by atoms with E-state index in [0.717, 1.165) is 0 Å². The normalized spacial score (nSPS) is 12.1. The lowest BCUT2D eigenvalue weighted by atomic mass is 10.4. The Hall–Kier alpha value is -0.910. The molecule has 0 aliphatic heterocycles. The highest BCUT2D eigenvalue weighted by Crippen LogP contribution is 2.23. The highest BCUT2D eigenvalue weighted by atomic mass is 127. The van der Waals surface area contributed by atoms with Gasteiger partial charge in [-0.1, -0.05) is 0 Å². The summed E-state index contributed by atoms with van der Waals surface area (Å²) in [7, 11) is 0. The maximum absolute atomic E-state index is 12.5. The smallest absolute Gasteiger partial charge is 0.330 e. The molecule has 2 N–H and O–H groups in total. The summed E-state index contributed by atoms with van der Waals surface area (Å²) in [5.41, 5.74) is -0.678.